The topological polar surface area (TPSA) is 41.5 Å². The number of anilines is 1. The first-order chi connectivity index (χ1) is 14.5. The highest BCUT2D eigenvalue weighted by atomic mass is 79.9. The summed E-state index contributed by atoms with van der Waals surface area (Å²) in [6.07, 6.45) is 2.25. The van der Waals surface area contributed by atoms with E-state index in [9.17, 15) is 4.39 Å². The van der Waals surface area contributed by atoms with Crippen LogP contribution in [-0.4, -0.2) is 46.6 Å². The maximum atomic E-state index is 14.9. The van der Waals surface area contributed by atoms with Crippen LogP contribution in [0.2, 0.25) is 5.02 Å². The second kappa shape index (κ2) is 7.94. The van der Waals surface area contributed by atoms with Crippen molar-refractivity contribution >= 4 is 44.3 Å². The van der Waals surface area contributed by atoms with E-state index in [1.54, 1.807) is 0 Å². The molecule has 0 radical (unpaired) electrons. The van der Waals surface area contributed by atoms with E-state index < -0.39 is 5.82 Å². The summed E-state index contributed by atoms with van der Waals surface area (Å²) in [6.45, 7) is 5.29. The van der Waals surface area contributed by atoms with Crippen molar-refractivity contribution in [2.75, 3.05) is 24.6 Å². The number of hydrogen-bond donors (Lipinski definition) is 0. The zero-order valence-corrected chi connectivity index (χ0v) is 18.8. The van der Waals surface area contributed by atoms with Gasteiger partial charge in [0, 0.05) is 38.1 Å². The minimum absolute atomic E-state index is 0.175. The molecule has 156 valence electrons. The Morgan fingerprint density at radius 2 is 2.03 bits per heavy atom. The van der Waals surface area contributed by atoms with Crippen molar-refractivity contribution in [2.24, 2.45) is 0 Å². The second-order valence-electron chi connectivity index (χ2n) is 7.90. The molecule has 3 aromatic rings. The molecule has 2 aliphatic heterocycles. The molecule has 1 saturated heterocycles. The number of rotatable bonds is 2. The largest absolute Gasteiger partial charge is 0.491 e. The molecule has 0 aliphatic carbocycles. The molecule has 0 saturated carbocycles. The van der Waals surface area contributed by atoms with Crippen LogP contribution in [0.25, 0.3) is 10.9 Å². The molecule has 0 unspecified atom stereocenters. The first kappa shape index (κ1) is 20.0. The maximum absolute atomic E-state index is 14.9. The molecule has 2 aliphatic rings. The highest BCUT2D eigenvalue weighted by Gasteiger charge is 2.36. The Kier molecular flexibility index (Phi) is 5.29. The average Bonchev–Trinajstić information content (AvgIpc) is 2.75. The van der Waals surface area contributed by atoms with Gasteiger partial charge in [0.15, 0.2) is 11.6 Å². The van der Waals surface area contributed by atoms with Crippen LogP contribution in [0.1, 0.15) is 18.9 Å². The van der Waals surface area contributed by atoms with E-state index in [1.165, 1.54) is 11.9 Å². The average molecular weight is 492 g/mol. The molecule has 1 fully saturated rings. The summed E-state index contributed by atoms with van der Waals surface area (Å²) < 4.78 is 21.1. The van der Waals surface area contributed by atoms with Crippen LogP contribution in [-0.2, 0) is 6.54 Å². The monoisotopic (exact) mass is 490 g/mol. The van der Waals surface area contributed by atoms with Gasteiger partial charge in [-0.2, -0.15) is 0 Å². The lowest BCUT2D eigenvalue weighted by Gasteiger charge is -2.47. The summed E-state index contributed by atoms with van der Waals surface area (Å²) in [4.78, 5) is 13.5. The fourth-order valence-corrected chi connectivity index (χ4v) is 5.05. The van der Waals surface area contributed by atoms with Gasteiger partial charge in [0.1, 0.15) is 22.7 Å². The number of ether oxygens (including phenoxy) is 1. The van der Waals surface area contributed by atoms with Gasteiger partial charge in [-0.1, -0.05) is 41.9 Å². The van der Waals surface area contributed by atoms with Gasteiger partial charge in [0.2, 0.25) is 0 Å². The summed E-state index contributed by atoms with van der Waals surface area (Å²) in [5.41, 5.74) is 1.53. The van der Waals surface area contributed by atoms with E-state index in [2.05, 4.69) is 66.9 Å². The molecule has 2 aromatic carbocycles. The third-order valence-electron chi connectivity index (χ3n) is 6.02. The second-order valence-corrected chi connectivity index (χ2v) is 9.07. The van der Waals surface area contributed by atoms with Crippen LogP contribution < -0.4 is 9.64 Å². The molecule has 0 bridgehead atoms. The van der Waals surface area contributed by atoms with E-state index in [1.807, 2.05) is 6.07 Å². The number of benzene rings is 2. The van der Waals surface area contributed by atoms with Crippen LogP contribution >= 0.6 is 27.5 Å². The van der Waals surface area contributed by atoms with Crippen molar-refractivity contribution in [1.82, 2.24) is 14.9 Å². The van der Waals surface area contributed by atoms with Gasteiger partial charge < -0.3 is 9.64 Å². The predicted octanol–water partition coefficient (Wildman–Crippen LogP) is 5.05. The molecule has 5 rings (SSSR count). The van der Waals surface area contributed by atoms with Gasteiger partial charge in [-0.05, 0) is 28.4 Å². The molecule has 0 N–H and O–H groups in total. The van der Waals surface area contributed by atoms with Gasteiger partial charge in [-0.3, -0.25) is 4.90 Å². The Bertz CT molecular complexity index is 1100. The van der Waals surface area contributed by atoms with Gasteiger partial charge in [0.25, 0.3) is 0 Å². The standard InChI is InChI=1S/C22H21BrClFN4O/c1-13-9-29-15(11-28(13)10-14-5-3-2-4-6-14)7-8-30-21-16-20(26-12-27-22(16)29)19(25)17(23)18(21)24/h2-6,12-13,15H,7-11H2,1H3/t13-,15-/m0/s1. The van der Waals surface area contributed by atoms with E-state index in [-0.39, 0.29) is 21.1 Å². The van der Waals surface area contributed by atoms with E-state index >= 15 is 0 Å². The van der Waals surface area contributed by atoms with Crippen molar-refractivity contribution in [2.45, 2.75) is 32.0 Å². The third-order valence-corrected chi connectivity index (χ3v) is 7.35. The predicted molar refractivity (Wildman–Crippen MR) is 120 cm³/mol. The molecule has 30 heavy (non-hydrogen) atoms. The first-order valence-corrected chi connectivity index (χ1v) is 11.2. The van der Waals surface area contributed by atoms with Crippen molar-refractivity contribution < 1.29 is 9.13 Å². The Morgan fingerprint density at radius 3 is 2.83 bits per heavy atom. The fraction of sp³-hybridized carbons (Fsp3) is 0.364. The summed E-state index contributed by atoms with van der Waals surface area (Å²) in [7, 11) is 0. The van der Waals surface area contributed by atoms with Crippen LogP contribution in [0.3, 0.4) is 0 Å². The lowest BCUT2D eigenvalue weighted by Crippen LogP contribution is -2.58. The molecule has 0 amide bonds. The molecule has 2 atom stereocenters. The third kappa shape index (κ3) is 3.33. The first-order valence-electron chi connectivity index (χ1n) is 10.0. The van der Waals surface area contributed by atoms with Crippen molar-refractivity contribution in [3.63, 3.8) is 0 Å². The molecular formula is C22H21BrClFN4O. The fourth-order valence-electron chi connectivity index (χ4n) is 4.46. The minimum atomic E-state index is -0.487. The normalized spacial score (nSPS) is 21.7. The molecule has 1 aromatic heterocycles. The van der Waals surface area contributed by atoms with E-state index in [4.69, 9.17) is 16.3 Å². The van der Waals surface area contributed by atoms with Crippen molar-refractivity contribution in [1.29, 1.82) is 0 Å². The highest BCUT2D eigenvalue weighted by Crippen LogP contribution is 2.45. The van der Waals surface area contributed by atoms with Crippen LogP contribution in [0, 0.1) is 5.82 Å². The number of halogens is 3. The Balaban J connectivity index is 1.55. The van der Waals surface area contributed by atoms with Gasteiger partial charge in [-0.25, -0.2) is 14.4 Å². The number of aromatic nitrogens is 2. The molecular weight excluding hydrogens is 471 g/mol. The SMILES string of the molecule is C[C@H]1CN2c3ncnc4c(F)c(Br)c(Cl)c(c34)OCC[C@H]2CN1Cc1ccccc1. The van der Waals surface area contributed by atoms with Gasteiger partial charge >= 0.3 is 0 Å². The van der Waals surface area contributed by atoms with E-state index in [0.717, 1.165) is 26.1 Å². The number of nitrogens with zero attached hydrogens (tertiary/aromatic N) is 4. The summed E-state index contributed by atoms with van der Waals surface area (Å²) in [5, 5.41) is 0.780. The molecule has 3 heterocycles. The Morgan fingerprint density at radius 1 is 1.23 bits per heavy atom. The van der Waals surface area contributed by atoms with E-state index in [0.29, 0.717) is 29.6 Å². The quantitative estimate of drug-likeness (QED) is 0.470. The van der Waals surface area contributed by atoms with Gasteiger partial charge in [0.05, 0.1) is 16.5 Å². The van der Waals surface area contributed by atoms with Crippen LogP contribution in [0.4, 0.5) is 10.2 Å². The molecule has 8 heteroatoms. The van der Waals surface area contributed by atoms with Crippen molar-refractivity contribution in [3.05, 3.63) is 57.5 Å². The lowest BCUT2D eigenvalue weighted by atomic mass is 10.0. The number of hydrogen-bond acceptors (Lipinski definition) is 5. The van der Waals surface area contributed by atoms with Crippen molar-refractivity contribution in [3.8, 4) is 5.75 Å². The van der Waals surface area contributed by atoms with Crippen LogP contribution in [0.5, 0.6) is 5.75 Å². The smallest absolute Gasteiger partial charge is 0.165 e. The Hall–Kier alpha value is -1.96. The summed E-state index contributed by atoms with van der Waals surface area (Å²) >= 11 is 9.67. The van der Waals surface area contributed by atoms with Gasteiger partial charge in [-0.15, -0.1) is 0 Å². The maximum Gasteiger partial charge on any atom is 0.165 e. The number of piperazine rings is 1. The molecule has 0 spiro atoms. The zero-order valence-electron chi connectivity index (χ0n) is 16.5. The molecule has 5 nitrogen and oxygen atoms in total. The lowest BCUT2D eigenvalue weighted by molar-refractivity contribution is 0.140. The summed E-state index contributed by atoms with van der Waals surface area (Å²) in [6, 6.07) is 11.0. The zero-order chi connectivity index (χ0) is 20.8. The highest BCUT2D eigenvalue weighted by molar-refractivity contribution is 9.10. The number of fused-ring (bicyclic) bond motifs is 2. The summed E-state index contributed by atoms with van der Waals surface area (Å²) in [5.74, 6) is 0.659. The van der Waals surface area contributed by atoms with Crippen LogP contribution in [0.15, 0.2) is 41.1 Å². The Labute approximate surface area is 187 Å². The minimum Gasteiger partial charge on any atom is -0.491 e.